The van der Waals surface area contributed by atoms with Crippen LogP contribution in [0.4, 0.5) is 5.69 Å². The summed E-state index contributed by atoms with van der Waals surface area (Å²) in [4.78, 5) is 4.32. The molecule has 0 atom stereocenters. The first-order chi connectivity index (χ1) is 9.67. The molecule has 0 spiro atoms. The normalized spacial score (nSPS) is 14.3. The molecule has 1 saturated carbocycles. The minimum atomic E-state index is -0.0201. The van der Waals surface area contributed by atoms with E-state index in [0.29, 0.717) is 6.04 Å². The molecule has 0 bridgehead atoms. The van der Waals surface area contributed by atoms with Gasteiger partial charge in [0.2, 0.25) is 0 Å². The molecule has 0 unspecified atom stereocenters. The third-order valence-electron chi connectivity index (χ3n) is 3.75. The maximum absolute atomic E-state index is 9.31. The van der Waals surface area contributed by atoms with Crippen molar-refractivity contribution < 1.29 is 5.11 Å². The van der Waals surface area contributed by atoms with Gasteiger partial charge in [0.25, 0.3) is 0 Å². The monoisotopic (exact) mass is 268 g/mol. The van der Waals surface area contributed by atoms with Gasteiger partial charge in [-0.25, -0.2) is 0 Å². The molecule has 3 nitrogen and oxygen atoms in total. The van der Waals surface area contributed by atoms with Gasteiger partial charge in [0.1, 0.15) is 0 Å². The van der Waals surface area contributed by atoms with Gasteiger partial charge in [0, 0.05) is 17.4 Å². The fourth-order valence-corrected chi connectivity index (χ4v) is 2.53. The summed E-state index contributed by atoms with van der Waals surface area (Å²) in [6.07, 6.45) is 2.54. The first kappa shape index (κ1) is 13.1. The Bertz CT molecular complexity index is 633. The summed E-state index contributed by atoms with van der Waals surface area (Å²) in [5.41, 5.74) is 6.46. The number of aryl methyl sites for hydroxylation is 1. The van der Waals surface area contributed by atoms with Crippen LogP contribution in [-0.2, 0) is 6.61 Å². The second-order valence-electron chi connectivity index (χ2n) is 5.54. The van der Waals surface area contributed by atoms with Crippen molar-refractivity contribution in [1.82, 2.24) is 4.98 Å². The lowest BCUT2D eigenvalue weighted by Gasteiger charge is -2.14. The van der Waals surface area contributed by atoms with Crippen LogP contribution in [0.15, 0.2) is 30.3 Å². The average molecular weight is 268 g/mol. The van der Waals surface area contributed by atoms with E-state index in [-0.39, 0.29) is 6.61 Å². The number of nitrogens with one attached hydrogen (secondary N) is 1. The third kappa shape index (κ3) is 2.68. The van der Waals surface area contributed by atoms with E-state index in [1.165, 1.54) is 29.7 Å². The van der Waals surface area contributed by atoms with Crippen molar-refractivity contribution in [2.24, 2.45) is 0 Å². The molecule has 2 aromatic rings. The van der Waals surface area contributed by atoms with Crippen LogP contribution in [0.5, 0.6) is 0 Å². The molecular formula is C17H20N2O. The van der Waals surface area contributed by atoms with Crippen molar-refractivity contribution in [1.29, 1.82) is 0 Å². The number of aliphatic hydroxyl groups excluding tert-OH is 1. The zero-order valence-electron chi connectivity index (χ0n) is 12.0. The Labute approximate surface area is 119 Å². The predicted molar refractivity (Wildman–Crippen MR) is 81.7 cm³/mol. The van der Waals surface area contributed by atoms with Crippen LogP contribution in [0.2, 0.25) is 0 Å². The molecule has 20 heavy (non-hydrogen) atoms. The van der Waals surface area contributed by atoms with Crippen LogP contribution >= 0.6 is 0 Å². The topological polar surface area (TPSA) is 45.1 Å². The van der Waals surface area contributed by atoms with Gasteiger partial charge in [-0.1, -0.05) is 12.1 Å². The quantitative estimate of drug-likeness (QED) is 0.893. The van der Waals surface area contributed by atoms with E-state index >= 15 is 0 Å². The first-order valence-corrected chi connectivity index (χ1v) is 7.12. The number of hydrogen-bond acceptors (Lipinski definition) is 3. The van der Waals surface area contributed by atoms with Crippen LogP contribution in [0.1, 0.15) is 29.8 Å². The van der Waals surface area contributed by atoms with E-state index in [2.05, 4.69) is 41.5 Å². The average Bonchev–Trinajstić information content (AvgIpc) is 3.24. The molecule has 3 rings (SSSR count). The van der Waals surface area contributed by atoms with E-state index in [0.717, 1.165) is 17.0 Å². The van der Waals surface area contributed by atoms with Crippen LogP contribution < -0.4 is 5.32 Å². The lowest BCUT2D eigenvalue weighted by atomic mass is 9.98. The number of anilines is 1. The highest BCUT2D eigenvalue weighted by atomic mass is 16.3. The summed E-state index contributed by atoms with van der Waals surface area (Å²) in [6, 6.07) is 11.0. The Balaban J connectivity index is 2.02. The first-order valence-electron chi connectivity index (χ1n) is 7.12. The molecule has 1 aliphatic carbocycles. The second kappa shape index (κ2) is 5.25. The minimum absolute atomic E-state index is 0.0201. The molecule has 2 N–H and O–H groups in total. The Hall–Kier alpha value is -1.87. The summed E-state index contributed by atoms with van der Waals surface area (Å²) in [6.45, 7) is 4.09. The van der Waals surface area contributed by atoms with Gasteiger partial charge in [-0.05, 0) is 61.6 Å². The molecule has 0 radical (unpaired) electrons. The summed E-state index contributed by atoms with van der Waals surface area (Å²) < 4.78 is 0. The summed E-state index contributed by atoms with van der Waals surface area (Å²) in [7, 11) is 0. The van der Waals surface area contributed by atoms with Gasteiger partial charge in [-0.15, -0.1) is 0 Å². The highest BCUT2D eigenvalue weighted by molar-refractivity contribution is 5.74. The van der Waals surface area contributed by atoms with Gasteiger partial charge in [0.05, 0.1) is 12.3 Å². The van der Waals surface area contributed by atoms with Crippen molar-refractivity contribution in [3.8, 4) is 11.1 Å². The molecular weight excluding hydrogens is 248 g/mol. The number of rotatable bonds is 4. The number of hydrogen-bond donors (Lipinski definition) is 2. The number of pyridine rings is 1. The molecule has 1 aromatic heterocycles. The standard InChI is InChI=1S/C17H20N2O/c1-11-8-13(9-15(10-20)18-11)16-4-3-5-17(12(16)2)19-14-6-7-14/h3-5,8-9,14,19-20H,6-7,10H2,1-2H3. The third-order valence-corrected chi connectivity index (χ3v) is 3.75. The number of aromatic nitrogens is 1. The molecule has 0 amide bonds. The lowest BCUT2D eigenvalue weighted by molar-refractivity contribution is 0.276. The Morgan fingerprint density at radius 1 is 1.25 bits per heavy atom. The number of aliphatic hydroxyl groups is 1. The highest BCUT2D eigenvalue weighted by Gasteiger charge is 2.21. The maximum Gasteiger partial charge on any atom is 0.0853 e. The molecule has 1 heterocycles. The number of nitrogens with zero attached hydrogens (tertiary/aromatic N) is 1. The van der Waals surface area contributed by atoms with Gasteiger partial charge in [-0.2, -0.15) is 0 Å². The predicted octanol–water partition coefficient (Wildman–Crippen LogP) is 3.43. The molecule has 104 valence electrons. The van der Waals surface area contributed by atoms with Gasteiger partial charge in [-0.3, -0.25) is 4.98 Å². The van der Waals surface area contributed by atoms with E-state index in [1.807, 2.05) is 13.0 Å². The number of benzene rings is 1. The minimum Gasteiger partial charge on any atom is -0.390 e. The van der Waals surface area contributed by atoms with Crippen molar-refractivity contribution in [3.05, 3.63) is 47.3 Å². The zero-order chi connectivity index (χ0) is 14.1. The molecule has 1 fully saturated rings. The molecule has 1 aliphatic rings. The molecule has 1 aromatic carbocycles. The van der Waals surface area contributed by atoms with E-state index < -0.39 is 0 Å². The summed E-state index contributed by atoms with van der Waals surface area (Å²) >= 11 is 0. The van der Waals surface area contributed by atoms with Crippen molar-refractivity contribution >= 4 is 5.69 Å². The molecule has 3 heteroatoms. The van der Waals surface area contributed by atoms with Crippen molar-refractivity contribution in [2.45, 2.75) is 39.3 Å². The highest BCUT2D eigenvalue weighted by Crippen LogP contribution is 2.32. The van der Waals surface area contributed by atoms with Crippen LogP contribution in [0, 0.1) is 13.8 Å². The fraction of sp³-hybridized carbons (Fsp3) is 0.353. The Morgan fingerprint density at radius 3 is 2.75 bits per heavy atom. The van der Waals surface area contributed by atoms with Gasteiger partial charge >= 0.3 is 0 Å². The maximum atomic E-state index is 9.31. The molecule has 0 aliphatic heterocycles. The van der Waals surface area contributed by atoms with Gasteiger partial charge < -0.3 is 10.4 Å². The Morgan fingerprint density at radius 2 is 2.05 bits per heavy atom. The smallest absolute Gasteiger partial charge is 0.0853 e. The van der Waals surface area contributed by atoms with Crippen LogP contribution in [-0.4, -0.2) is 16.1 Å². The van der Waals surface area contributed by atoms with E-state index in [9.17, 15) is 5.11 Å². The van der Waals surface area contributed by atoms with Gasteiger partial charge in [0.15, 0.2) is 0 Å². The Kier molecular flexibility index (Phi) is 3.45. The van der Waals surface area contributed by atoms with E-state index in [4.69, 9.17) is 0 Å². The zero-order valence-corrected chi connectivity index (χ0v) is 12.0. The van der Waals surface area contributed by atoms with Crippen molar-refractivity contribution in [3.63, 3.8) is 0 Å². The second-order valence-corrected chi connectivity index (χ2v) is 5.54. The lowest BCUT2D eigenvalue weighted by Crippen LogP contribution is -2.03. The van der Waals surface area contributed by atoms with E-state index in [1.54, 1.807) is 0 Å². The largest absolute Gasteiger partial charge is 0.390 e. The summed E-state index contributed by atoms with van der Waals surface area (Å²) in [5, 5.41) is 12.9. The summed E-state index contributed by atoms with van der Waals surface area (Å²) in [5.74, 6) is 0. The SMILES string of the molecule is Cc1cc(-c2cccc(NC3CC3)c2C)cc(CO)n1. The molecule has 0 saturated heterocycles. The van der Waals surface area contributed by atoms with Crippen molar-refractivity contribution in [2.75, 3.05) is 5.32 Å². The van der Waals surface area contributed by atoms with Crippen LogP contribution in [0.25, 0.3) is 11.1 Å². The van der Waals surface area contributed by atoms with Crippen LogP contribution in [0.3, 0.4) is 0 Å². The fourth-order valence-electron chi connectivity index (χ4n) is 2.53.